The van der Waals surface area contributed by atoms with Crippen molar-refractivity contribution in [1.29, 1.82) is 0 Å². The molecule has 1 aliphatic heterocycles. The standard InChI is InChI=1S/C21H29N5O3/c1-2-3-12-29-18-6-4-17(5-7-18)21(27)23-9-8-22-19-15-20(25-16-24-19)26-10-13-28-14-11-26/h4-7,15-16H,2-3,8-14H2,1H3,(H,23,27)(H,22,24,25). The SMILES string of the molecule is CCCCOc1ccc(C(=O)NCCNc2cc(N3CCOCC3)ncn2)cc1. The zero-order valence-electron chi connectivity index (χ0n) is 16.9. The minimum atomic E-state index is -0.108. The van der Waals surface area contributed by atoms with Gasteiger partial charge in [0.2, 0.25) is 0 Å². The summed E-state index contributed by atoms with van der Waals surface area (Å²) >= 11 is 0. The van der Waals surface area contributed by atoms with E-state index < -0.39 is 0 Å². The molecule has 156 valence electrons. The number of unbranched alkanes of at least 4 members (excludes halogenated alkanes) is 1. The van der Waals surface area contributed by atoms with Gasteiger partial charge in [0, 0.05) is 37.8 Å². The van der Waals surface area contributed by atoms with Gasteiger partial charge in [-0.2, -0.15) is 0 Å². The van der Waals surface area contributed by atoms with E-state index in [-0.39, 0.29) is 5.91 Å². The molecule has 2 aromatic rings. The van der Waals surface area contributed by atoms with Crippen LogP contribution in [0.5, 0.6) is 5.75 Å². The van der Waals surface area contributed by atoms with Crippen LogP contribution in [-0.2, 0) is 4.74 Å². The molecule has 8 heteroatoms. The van der Waals surface area contributed by atoms with E-state index >= 15 is 0 Å². The fraction of sp³-hybridized carbons (Fsp3) is 0.476. The smallest absolute Gasteiger partial charge is 0.251 e. The lowest BCUT2D eigenvalue weighted by atomic mass is 10.2. The number of aromatic nitrogens is 2. The van der Waals surface area contributed by atoms with Gasteiger partial charge in [0.15, 0.2) is 0 Å². The number of amides is 1. The van der Waals surface area contributed by atoms with E-state index in [1.165, 1.54) is 0 Å². The number of rotatable bonds is 10. The third-order valence-electron chi connectivity index (χ3n) is 4.59. The normalized spacial score (nSPS) is 13.8. The van der Waals surface area contributed by atoms with Gasteiger partial charge < -0.3 is 25.0 Å². The Labute approximate surface area is 171 Å². The van der Waals surface area contributed by atoms with Crippen molar-refractivity contribution in [2.75, 3.05) is 56.2 Å². The Bertz CT molecular complexity index is 763. The highest BCUT2D eigenvalue weighted by atomic mass is 16.5. The van der Waals surface area contributed by atoms with Crippen LogP contribution in [0, 0.1) is 0 Å². The first-order valence-corrected chi connectivity index (χ1v) is 10.2. The van der Waals surface area contributed by atoms with Crippen LogP contribution in [0.3, 0.4) is 0 Å². The first-order chi connectivity index (χ1) is 14.3. The van der Waals surface area contributed by atoms with Crippen LogP contribution in [0.4, 0.5) is 11.6 Å². The second kappa shape index (κ2) is 11.2. The third kappa shape index (κ3) is 6.60. The Morgan fingerprint density at radius 1 is 1.17 bits per heavy atom. The first kappa shape index (κ1) is 20.9. The summed E-state index contributed by atoms with van der Waals surface area (Å²) in [4.78, 5) is 23.0. The minimum absolute atomic E-state index is 0.108. The average Bonchev–Trinajstić information content (AvgIpc) is 2.78. The molecule has 1 saturated heterocycles. The fourth-order valence-corrected chi connectivity index (χ4v) is 2.91. The van der Waals surface area contributed by atoms with E-state index in [4.69, 9.17) is 9.47 Å². The van der Waals surface area contributed by atoms with Crippen LogP contribution in [0.2, 0.25) is 0 Å². The number of benzene rings is 1. The number of nitrogens with one attached hydrogen (secondary N) is 2. The molecule has 0 unspecified atom stereocenters. The molecule has 0 spiro atoms. The summed E-state index contributed by atoms with van der Waals surface area (Å²) in [5.41, 5.74) is 0.615. The van der Waals surface area contributed by atoms with E-state index in [9.17, 15) is 4.79 Å². The predicted octanol–water partition coefficient (Wildman–Crippen LogP) is 2.33. The number of hydrogen-bond acceptors (Lipinski definition) is 7. The third-order valence-corrected chi connectivity index (χ3v) is 4.59. The van der Waals surface area contributed by atoms with Crippen LogP contribution in [-0.4, -0.2) is 61.9 Å². The summed E-state index contributed by atoms with van der Waals surface area (Å²) in [5.74, 6) is 2.31. The Kier molecular flexibility index (Phi) is 8.06. The van der Waals surface area contributed by atoms with Crippen molar-refractivity contribution in [3.63, 3.8) is 0 Å². The Hall–Kier alpha value is -2.87. The maximum atomic E-state index is 12.3. The van der Waals surface area contributed by atoms with Crippen molar-refractivity contribution in [3.8, 4) is 5.75 Å². The highest BCUT2D eigenvalue weighted by Crippen LogP contribution is 2.15. The maximum absolute atomic E-state index is 12.3. The van der Waals surface area contributed by atoms with Gasteiger partial charge in [-0.1, -0.05) is 13.3 Å². The summed E-state index contributed by atoms with van der Waals surface area (Å²) in [7, 11) is 0. The molecule has 0 radical (unpaired) electrons. The van der Waals surface area contributed by atoms with Crippen molar-refractivity contribution in [2.24, 2.45) is 0 Å². The Morgan fingerprint density at radius 2 is 1.97 bits per heavy atom. The number of nitrogens with zero attached hydrogens (tertiary/aromatic N) is 3. The van der Waals surface area contributed by atoms with Crippen molar-refractivity contribution < 1.29 is 14.3 Å². The van der Waals surface area contributed by atoms with Crippen molar-refractivity contribution >= 4 is 17.5 Å². The number of carbonyl (C=O) groups is 1. The number of morpholine rings is 1. The predicted molar refractivity (Wildman–Crippen MR) is 113 cm³/mol. The Balaban J connectivity index is 1.40. The molecule has 0 atom stereocenters. The Morgan fingerprint density at radius 3 is 2.72 bits per heavy atom. The van der Waals surface area contributed by atoms with E-state index in [0.717, 1.165) is 43.3 Å². The average molecular weight is 399 g/mol. The highest BCUT2D eigenvalue weighted by molar-refractivity contribution is 5.94. The van der Waals surface area contributed by atoms with Gasteiger partial charge in [-0.25, -0.2) is 9.97 Å². The summed E-state index contributed by atoms with van der Waals surface area (Å²) in [5, 5.41) is 6.13. The molecule has 3 rings (SSSR count). The van der Waals surface area contributed by atoms with Crippen LogP contribution < -0.4 is 20.3 Å². The minimum Gasteiger partial charge on any atom is -0.494 e. The maximum Gasteiger partial charge on any atom is 0.251 e. The molecule has 0 aliphatic carbocycles. The van der Waals surface area contributed by atoms with E-state index in [1.807, 2.05) is 18.2 Å². The second-order valence-electron chi connectivity index (χ2n) is 6.77. The van der Waals surface area contributed by atoms with Crippen LogP contribution >= 0.6 is 0 Å². The monoisotopic (exact) mass is 399 g/mol. The summed E-state index contributed by atoms with van der Waals surface area (Å²) in [6, 6.07) is 9.14. The molecule has 0 bridgehead atoms. The first-order valence-electron chi connectivity index (χ1n) is 10.2. The fourth-order valence-electron chi connectivity index (χ4n) is 2.91. The molecular weight excluding hydrogens is 370 g/mol. The molecule has 1 amide bonds. The lowest BCUT2D eigenvalue weighted by molar-refractivity contribution is 0.0955. The molecule has 1 aromatic heterocycles. The molecule has 0 saturated carbocycles. The topological polar surface area (TPSA) is 88.6 Å². The van der Waals surface area contributed by atoms with E-state index in [2.05, 4.69) is 32.4 Å². The van der Waals surface area contributed by atoms with Gasteiger partial charge in [0.05, 0.1) is 19.8 Å². The second-order valence-corrected chi connectivity index (χ2v) is 6.77. The van der Waals surface area contributed by atoms with E-state index in [0.29, 0.717) is 38.5 Å². The van der Waals surface area contributed by atoms with Crippen LogP contribution in [0.25, 0.3) is 0 Å². The number of ether oxygens (including phenoxy) is 2. The lowest BCUT2D eigenvalue weighted by Gasteiger charge is -2.27. The lowest BCUT2D eigenvalue weighted by Crippen LogP contribution is -2.36. The molecule has 2 heterocycles. The zero-order chi connectivity index (χ0) is 20.3. The van der Waals surface area contributed by atoms with Gasteiger partial charge in [0.1, 0.15) is 23.7 Å². The molecule has 8 nitrogen and oxygen atoms in total. The summed E-state index contributed by atoms with van der Waals surface area (Å²) in [6.45, 7) is 6.97. The molecular formula is C21H29N5O3. The van der Waals surface area contributed by atoms with Gasteiger partial charge >= 0.3 is 0 Å². The quantitative estimate of drug-likeness (QED) is 0.593. The summed E-state index contributed by atoms with van der Waals surface area (Å²) < 4.78 is 11.0. The van der Waals surface area contributed by atoms with Crippen molar-refractivity contribution in [1.82, 2.24) is 15.3 Å². The van der Waals surface area contributed by atoms with Crippen molar-refractivity contribution in [2.45, 2.75) is 19.8 Å². The number of hydrogen-bond donors (Lipinski definition) is 2. The largest absolute Gasteiger partial charge is 0.494 e. The van der Waals surface area contributed by atoms with Crippen molar-refractivity contribution in [3.05, 3.63) is 42.2 Å². The van der Waals surface area contributed by atoms with Crippen LogP contribution in [0.15, 0.2) is 36.7 Å². The molecule has 1 fully saturated rings. The highest BCUT2D eigenvalue weighted by Gasteiger charge is 2.13. The van der Waals surface area contributed by atoms with Crippen LogP contribution in [0.1, 0.15) is 30.1 Å². The van der Waals surface area contributed by atoms with Gasteiger partial charge in [-0.3, -0.25) is 4.79 Å². The van der Waals surface area contributed by atoms with Gasteiger partial charge in [0.25, 0.3) is 5.91 Å². The molecule has 2 N–H and O–H groups in total. The molecule has 1 aromatic carbocycles. The number of anilines is 2. The molecule has 29 heavy (non-hydrogen) atoms. The molecule has 1 aliphatic rings. The summed E-state index contributed by atoms with van der Waals surface area (Å²) in [6.07, 6.45) is 3.67. The van der Waals surface area contributed by atoms with Gasteiger partial charge in [-0.05, 0) is 30.7 Å². The zero-order valence-corrected chi connectivity index (χ0v) is 16.9. The van der Waals surface area contributed by atoms with Gasteiger partial charge in [-0.15, -0.1) is 0 Å². The number of carbonyl (C=O) groups excluding carboxylic acids is 1. The van der Waals surface area contributed by atoms with E-state index in [1.54, 1.807) is 18.5 Å².